The van der Waals surface area contributed by atoms with Gasteiger partial charge in [-0.25, -0.2) is 0 Å². The molecule has 104 valence electrons. The fraction of sp³-hybridized carbons (Fsp3) is 0.500. The van der Waals surface area contributed by atoms with Gasteiger partial charge in [-0.2, -0.15) is 0 Å². The molecule has 0 unspecified atom stereocenters. The molecule has 0 spiro atoms. The molecule has 0 radical (unpaired) electrons. The van der Waals surface area contributed by atoms with Gasteiger partial charge < -0.3 is 8.99 Å². The smallest absolute Gasteiger partial charge is 0.192 e. The fourth-order valence-corrected chi connectivity index (χ4v) is 2.99. The molecule has 1 heterocycles. The quantitative estimate of drug-likeness (QED) is 0.740. The van der Waals surface area contributed by atoms with Crippen LogP contribution in [0.25, 0.3) is 10.9 Å². The van der Waals surface area contributed by atoms with Gasteiger partial charge in [-0.05, 0) is 35.7 Å². The Hall–Kier alpha value is -1.06. The van der Waals surface area contributed by atoms with Gasteiger partial charge in [0.05, 0.1) is 6.61 Å². The highest BCUT2D eigenvalue weighted by Gasteiger charge is 2.36. The molecule has 0 amide bonds. The number of hydrogen-bond acceptors (Lipinski definition) is 1. The summed E-state index contributed by atoms with van der Waals surface area (Å²) in [6.07, 6.45) is 2.15. The Labute approximate surface area is 117 Å². The molecule has 0 N–H and O–H groups in total. The van der Waals surface area contributed by atoms with Crippen molar-refractivity contribution in [1.29, 1.82) is 0 Å². The van der Waals surface area contributed by atoms with Crippen LogP contribution in [0.15, 0.2) is 36.5 Å². The van der Waals surface area contributed by atoms with Crippen molar-refractivity contribution in [2.45, 2.75) is 45.4 Å². The molecular formula is C16H25NOSi. The van der Waals surface area contributed by atoms with Gasteiger partial charge in [-0.15, -0.1) is 0 Å². The lowest BCUT2D eigenvalue weighted by Gasteiger charge is -2.36. The summed E-state index contributed by atoms with van der Waals surface area (Å²) in [6.45, 7) is 13.2. The lowest BCUT2D eigenvalue weighted by atomic mass is 10.2. The number of para-hydroxylation sites is 1. The Morgan fingerprint density at radius 2 is 1.79 bits per heavy atom. The van der Waals surface area contributed by atoms with Crippen LogP contribution in [0.1, 0.15) is 20.8 Å². The van der Waals surface area contributed by atoms with Gasteiger partial charge in [0.15, 0.2) is 8.32 Å². The van der Waals surface area contributed by atoms with Crippen molar-refractivity contribution in [2.75, 3.05) is 6.61 Å². The van der Waals surface area contributed by atoms with Gasteiger partial charge in [0.2, 0.25) is 0 Å². The van der Waals surface area contributed by atoms with E-state index >= 15 is 0 Å². The number of benzene rings is 1. The molecule has 1 aromatic heterocycles. The molecule has 0 atom stereocenters. The van der Waals surface area contributed by atoms with Crippen LogP contribution >= 0.6 is 0 Å². The van der Waals surface area contributed by atoms with Crippen molar-refractivity contribution in [3.05, 3.63) is 36.5 Å². The molecule has 1 aromatic carbocycles. The number of hydrogen-bond donors (Lipinski definition) is 0. The molecule has 0 aliphatic rings. The summed E-state index contributed by atoms with van der Waals surface area (Å²) in [5.41, 5.74) is 1.29. The summed E-state index contributed by atoms with van der Waals surface area (Å²) in [6, 6.07) is 10.7. The predicted molar refractivity (Wildman–Crippen MR) is 85.1 cm³/mol. The van der Waals surface area contributed by atoms with E-state index in [9.17, 15) is 0 Å². The first-order valence-electron chi connectivity index (χ1n) is 6.99. The minimum Gasteiger partial charge on any atom is -0.415 e. The Bertz CT molecular complexity index is 551. The van der Waals surface area contributed by atoms with Crippen molar-refractivity contribution in [1.82, 2.24) is 4.57 Å². The standard InChI is InChI=1S/C16H25NOSi/c1-16(2,3)19(4,5)18-13-12-17-11-10-14-8-6-7-9-15(14)17/h6-11H,12-13H2,1-5H3. The molecule has 0 bridgehead atoms. The Morgan fingerprint density at radius 3 is 2.47 bits per heavy atom. The monoisotopic (exact) mass is 275 g/mol. The van der Waals surface area contributed by atoms with Crippen LogP contribution in [0.3, 0.4) is 0 Å². The van der Waals surface area contributed by atoms with Gasteiger partial charge in [-0.3, -0.25) is 0 Å². The zero-order valence-electron chi connectivity index (χ0n) is 12.7. The third-order valence-electron chi connectivity index (χ3n) is 4.28. The van der Waals surface area contributed by atoms with Crippen LogP contribution in [-0.4, -0.2) is 19.5 Å². The summed E-state index contributed by atoms with van der Waals surface area (Å²) in [5, 5.41) is 1.58. The molecule has 2 aromatic rings. The summed E-state index contributed by atoms with van der Waals surface area (Å²) >= 11 is 0. The SMILES string of the molecule is CC(C)(C)[Si](C)(C)OCCn1ccc2ccccc21. The third kappa shape index (κ3) is 3.10. The molecule has 0 saturated carbocycles. The average molecular weight is 275 g/mol. The number of nitrogens with zero attached hydrogens (tertiary/aromatic N) is 1. The molecule has 0 aliphatic heterocycles. The van der Waals surface area contributed by atoms with E-state index < -0.39 is 8.32 Å². The van der Waals surface area contributed by atoms with E-state index in [1.165, 1.54) is 10.9 Å². The Morgan fingerprint density at radius 1 is 1.11 bits per heavy atom. The summed E-state index contributed by atoms with van der Waals surface area (Å²) in [7, 11) is -1.62. The van der Waals surface area contributed by atoms with Crippen LogP contribution in [0.2, 0.25) is 18.1 Å². The lowest BCUT2D eigenvalue weighted by Crippen LogP contribution is -2.41. The molecule has 0 fully saturated rings. The summed E-state index contributed by atoms with van der Waals surface area (Å²) in [4.78, 5) is 0. The molecule has 3 heteroatoms. The zero-order valence-corrected chi connectivity index (χ0v) is 13.7. The molecule has 0 aliphatic carbocycles. The maximum absolute atomic E-state index is 6.23. The van der Waals surface area contributed by atoms with Crippen molar-refractivity contribution in [2.24, 2.45) is 0 Å². The molecule has 0 saturated heterocycles. The van der Waals surface area contributed by atoms with Crippen molar-refractivity contribution >= 4 is 19.2 Å². The first kappa shape index (κ1) is 14.3. The minimum absolute atomic E-state index is 0.283. The topological polar surface area (TPSA) is 14.2 Å². The second kappa shape index (κ2) is 5.14. The highest BCUT2D eigenvalue weighted by atomic mass is 28.4. The van der Waals surface area contributed by atoms with Gasteiger partial charge in [0, 0.05) is 18.3 Å². The van der Waals surface area contributed by atoms with Gasteiger partial charge in [-0.1, -0.05) is 39.0 Å². The van der Waals surface area contributed by atoms with E-state index in [0.29, 0.717) is 0 Å². The van der Waals surface area contributed by atoms with Crippen molar-refractivity contribution in [3.63, 3.8) is 0 Å². The number of fused-ring (bicyclic) bond motifs is 1. The van der Waals surface area contributed by atoms with E-state index in [4.69, 9.17) is 4.43 Å². The first-order valence-corrected chi connectivity index (χ1v) is 9.90. The molecule has 19 heavy (non-hydrogen) atoms. The van der Waals surface area contributed by atoms with E-state index in [2.05, 4.69) is 75.0 Å². The summed E-state index contributed by atoms with van der Waals surface area (Å²) in [5.74, 6) is 0. The van der Waals surface area contributed by atoms with Crippen molar-refractivity contribution in [3.8, 4) is 0 Å². The van der Waals surface area contributed by atoms with Crippen LogP contribution in [0.5, 0.6) is 0 Å². The normalized spacial score (nSPS) is 13.1. The van der Waals surface area contributed by atoms with E-state index in [-0.39, 0.29) is 5.04 Å². The van der Waals surface area contributed by atoms with E-state index in [1.54, 1.807) is 0 Å². The highest BCUT2D eigenvalue weighted by molar-refractivity contribution is 6.74. The summed E-state index contributed by atoms with van der Waals surface area (Å²) < 4.78 is 8.51. The first-order chi connectivity index (χ1) is 8.81. The van der Waals surface area contributed by atoms with Gasteiger partial charge in [0.1, 0.15) is 0 Å². The maximum atomic E-state index is 6.23. The molecular weight excluding hydrogens is 250 g/mol. The van der Waals surface area contributed by atoms with Crippen LogP contribution in [0.4, 0.5) is 0 Å². The number of aromatic nitrogens is 1. The minimum atomic E-state index is -1.62. The Kier molecular flexibility index (Phi) is 3.88. The second-order valence-corrected chi connectivity index (χ2v) is 11.5. The average Bonchev–Trinajstić information content (AvgIpc) is 2.71. The largest absolute Gasteiger partial charge is 0.415 e. The highest BCUT2D eigenvalue weighted by Crippen LogP contribution is 2.36. The van der Waals surface area contributed by atoms with Crippen LogP contribution < -0.4 is 0 Å². The number of rotatable bonds is 4. The van der Waals surface area contributed by atoms with E-state index in [1.807, 2.05) is 0 Å². The van der Waals surface area contributed by atoms with Crippen molar-refractivity contribution < 1.29 is 4.43 Å². The fourth-order valence-electron chi connectivity index (χ4n) is 1.95. The third-order valence-corrected chi connectivity index (χ3v) is 8.82. The maximum Gasteiger partial charge on any atom is 0.192 e. The van der Waals surface area contributed by atoms with Gasteiger partial charge >= 0.3 is 0 Å². The van der Waals surface area contributed by atoms with Crippen LogP contribution in [0, 0.1) is 0 Å². The van der Waals surface area contributed by atoms with Gasteiger partial charge in [0.25, 0.3) is 0 Å². The second-order valence-electron chi connectivity index (χ2n) is 6.68. The molecule has 2 nitrogen and oxygen atoms in total. The lowest BCUT2D eigenvalue weighted by molar-refractivity contribution is 0.273. The molecule has 2 rings (SSSR count). The Balaban J connectivity index is 2.00. The van der Waals surface area contributed by atoms with Crippen LogP contribution in [-0.2, 0) is 11.0 Å². The van der Waals surface area contributed by atoms with E-state index in [0.717, 1.165) is 13.2 Å². The zero-order chi connectivity index (χ0) is 14.1. The predicted octanol–water partition coefficient (Wildman–Crippen LogP) is 4.66.